The van der Waals surface area contributed by atoms with Crippen LogP contribution in [-0.4, -0.2) is 6.54 Å². The van der Waals surface area contributed by atoms with Crippen molar-refractivity contribution in [2.45, 2.75) is 39.2 Å². The Hall–Kier alpha value is 0.140. The maximum atomic E-state index is 3.71. The van der Waals surface area contributed by atoms with Gasteiger partial charge in [-0.25, -0.2) is 0 Å². The van der Waals surface area contributed by atoms with Crippen LogP contribution in [0.2, 0.25) is 0 Å². The van der Waals surface area contributed by atoms with Gasteiger partial charge in [0, 0.05) is 15.9 Å². The average Bonchev–Trinajstić information content (AvgIpc) is 3.04. The highest BCUT2D eigenvalue weighted by Gasteiger charge is 2.34. The van der Waals surface area contributed by atoms with Crippen LogP contribution < -0.4 is 5.32 Å². The van der Waals surface area contributed by atoms with Gasteiger partial charge in [0.2, 0.25) is 0 Å². The van der Waals surface area contributed by atoms with Crippen molar-refractivity contribution in [1.82, 2.24) is 5.32 Å². The molecule has 2 rings (SSSR count). The first-order valence-electron chi connectivity index (χ1n) is 6.19. The Balaban J connectivity index is 2.10. The molecule has 1 N–H and O–H groups in total. The van der Waals surface area contributed by atoms with Gasteiger partial charge in [0.15, 0.2) is 0 Å². The van der Waals surface area contributed by atoms with Gasteiger partial charge >= 0.3 is 0 Å². The first-order valence-corrected chi connectivity index (χ1v) is 7.92. The lowest BCUT2D eigenvalue weighted by Crippen LogP contribution is -2.28. The van der Waals surface area contributed by atoms with E-state index in [1.165, 1.54) is 29.3 Å². The van der Waals surface area contributed by atoms with Gasteiger partial charge in [-0.15, -0.1) is 0 Å². The Morgan fingerprint density at radius 2 is 2.25 bits per heavy atom. The summed E-state index contributed by atoms with van der Waals surface area (Å²) >= 11 is 5.46. The summed E-state index contributed by atoms with van der Waals surface area (Å²) < 4.78 is 1.28. The molecule has 0 spiro atoms. The third-order valence-corrected chi connectivity index (χ3v) is 5.23. The molecule has 0 bridgehead atoms. The van der Waals surface area contributed by atoms with Gasteiger partial charge in [-0.2, -0.15) is 11.3 Å². The third-order valence-electron chi connectivity index (χ3n) is 3.48. The van der Waals surface area contributed by atoms with Crippen LogP contribution in [0, 0.1) is 11.8 Å². The zero-order valence-electron chi connectivity index (χ0n) is 10.0. The van der Waals surface area contributed by atoms with Gasteiger partial charge in [0.1, 0.15) is 0 Å². The molecule has 1 aliphatic rings. The molecule has 1 aliphatic carbocycles. The van der Waals surface area contributed by atoms with E-state index in [2.05, 4.69) is 45.9 Å². The molecule has 3 heteroatoms. The van der Waals surface area contributed by atoms with Crippen molar-refractivity contribution in [3.05, 3.63) is 20.8 Å². The fourth-order valence-electron chi connectivity index (χ4n) is 2.29. The lowest BCUT2D eigenvalue weighted by atomic mass is 9.92. The lowest BCUT2D eigenvalue weighted by molar-refractivity contribution is 0.349. The van der Waals surface area contributed by atoms with Crippen LogP contribution in [0.5, 0.6) is 0 Å². The maximum Gasteiger partial charge on any atom is 0.0368 e. The minimum absolute atomic E-state index is 0.535. The van der Waals surface area contributed by atoms with Crippen LogP contribution in [0.4, 0.5) is 0 Å². The standard InChI is InChI=1S/C13H20BrNS/c1-3-6-15-13(9(2)10-4-5-10)11-7-16-8-12(11)14/h7-10,13,15H,3-6H2,1-2H3. The Kier molecular flexibility index (Phi) is 4.45. The lowest BCUT2D eigenvalue weighted by Gasteiger charge is -2.25. The summed E-state index contributed by atoms with van der Waals surface area (Å²) in [5.74, 6) is 1.71. The van der Waals surface area contributed by atoms with E-state index in [4.69, 9.17) is 0 Å². The Morgan fingerprint density at radius 1 is 1.50 bits per heavy atom. The molecule has 0 saturated heterocycles. The van der Waals surface area contributed by atoms with Crippen molar-refractivity contribution in [1.29, 1.82) is 0 Å². The van der Waals surface area contributed by atoms with E-state index in [0.29, 0.717) is 6.04 Å². The van der Waals surface area contributed by atoms with Crippen LogP contribution in [-0.2, 0) is 0 Å². The number of hydrogen-bond donors (Lipinski definition) is 1. The Labute approximate surface area is 111 Å². The first kappa shape index (κ1) is 12.6. The highest BCUT2D eigenvalue weighted by molar-refractivity contribution is 9.10. The largest absolute Gasteiger partial charge is 0.310 e. The van der Waals surface area contributed by atoms with Crippen LogP contribution in [0.15, 0.2) is 15.2 Å². The summed E-state index contributed by atoms with van der Waals surface area (Å²) in [6.45, 7) is 5.74. The minimum atomic E-state index is 0.535. The fraction of sp³-hybridized carbons (Fsp3) is 0.692. The van der Waals surface area contributed by atoms with Crippen molar-refractivity contribution in [3.63, 3.8) is 0 Å². The summed E-state index contributed by atoms with van der Waals surface area (Å²) in [6, 6.07) is 0.535. The molecular weight excluding hydrogens is 282 g/mol. The summed E-state index contributed by atoms with van der Waals surface area (Å²) in [4.78, 5) is 0. The molecule has 2 unspecified atom stereocenters. The van der Waals surface area contributed by atoms with Crippen molar-refractivity contribution < 1.29 is 0 Å². The average molecular weight is 302 g/mol. The number of rotatable bonds is 6. The Morgan fingerprint density at radius 3 is 2.75 bits per heavy atom. The normalized spacial score (nSPS) is 19.7. The third kappa shape index (κ3) is 2.88. The summed E-state index contributed by atoms with van der Waals surface area (Å²) in [5, 5.41) is 8.19. The van der Waals surface area contributed by atoms with Crippen LogP contribution in [0.3, 0.4) is 0 Å². The second-order valence-corrected chi connectivity index (χ2v) is 6.40. The zero-order chi connectivity index (χ0) is 11.5. The minimum Gasteiger partial charge on any atom is -0.310 e. The quantitative estimate of drug-likeness (QED) is 0.810. The predicted molar refractivity (Wildman–Crippen MR) is 74.9 cm³/mol. The van der Waals surface area contributed by atoms with Gasteiger partial charge < -0.3 is 5.32 Å². The molecule has 1 fully saturated rings. The van der Waals surface area contributed by atoms with Crippen molar-refractivity contribution in [2.24, 2.45) is 11.8 Å². The van der Waals surface area contributed by atoms with Crippen molar-refractivity contribution in [3.8, 4) is 0 Å². The molecule has 2 atom stereocenters. The van der Waals surface area contributed by atoms with Gasteiger partial charge in [-0.1, -0.05) is 13.8 Å². The van der Waals surface area contributed by atoms with Crippen molar-refractivity contribution in [2.75, 3.05) is 6.54 Å². The predicted octanol–water partition coefficient (Wildman–Crippen LogP) is 4.60. The highest BCUT2D eigenvalue weighted by Crippen LogP contribution is 2.44. The molecule has 1 aromatic heterocycles. The van der Waals surface area contributed by atoms with E-state index < -0.39 is 0 Å². The van der Waals surface area contributed by atoms with E-state index in [9.17, 15) is 0 Å². The molecule has 1 saturated carbocycles. The fourth-order valence-corrected chi connectivity index (χ4v) is 3.87. The van der Waals surface area contributed by atoms with Gasteiger partial charge in [-0.05, 0) is 64.5 Å². The molecule has 1 nitrogen and oxygen atoms in total. The van der Waals surface area contributed by atoms with E-state index >= 15 is 0 Å². The Bertz CT molecular complexity index is 332. The van der Waals surface area contributed by atoms with E-state index in [-0.39, 0.29) is 0 Å². The van der Waals surface area contributed by atoms with E-state index in [1.54, 1.807) is 11.3 Å². The molecule has 0 radical (unpaired) electrons. The van der Waals surface area contributed by atoms with Crippen LogP contribution >= 0.6 is 27.3 Å². The molecule has 0 aromatic carbocycles. The molecule has 1 aromatic rings. The maximum absolute atomic E-state index is 3.71. The second kappa shape index (κ2) is 5.65. The summed E-state index contributed by atoms with van der Waals surface area (Å²) in [6.07, 6.45) is 4.05. The van der Waals surface area contributed by atoms with Crippen LogP contribution in [0.1, 0.15) is 44.7 Å². The number of halogens is 1. The van der Waals surface area contributed by atoms with E-state index in [0.717, 1.165) is 18.4 Å². The summed E-state index contributed by atoms with van der Waals surface area (Å²) in [7, 11) is 0. The smallest absolute Gasteiger partial charge is 0.0368 e. The van der Waals surface area contributed by atoms with Crippen LogP contribution in [0.25, 0.3) is 0 Å². The summed E-state index contributed by atoms with van der Waals surface area (Å²) in [5.41, 5.74) is 1.46. The molecule has 1 heterocycles. The van der Waals surface area contributed by atoms with Gasteiger partial charge in [0.05, 0.1) is 0 Å². The van der Waals surface area contributed by atoms with E-state index in [1.807, 2.05) is 0 Å². The first-order chi connectivity index (χ1) is 7.74. The number of hydrogen-bond acceptors (Lipinski definition) is 2. The van der Waals surface area contributed by atoms with Crippen molar-refractivity contribution >= 4 is 27.3 Å². The number of thiophene rings is 1. The topological polar surface area (TPSA) is 12.0 Å². The molecule has 90 valence electrons. The molecule has 0 aliphatic heterocycles. The molecule has 16 heavy (non-hydrogen) atoms. The zero-order valence-corrected chi connectivity index (χ0v) is 12.4. The monoisotopic (exact) mass is 301 g/mol. The SMILES string of the molecule is CCCNC(c1cscc1Br)C(C)C1CC1. The van der Waals surface area contributed by atoms with Gasteiger partial charge in [0.25, 0.3) is 0 Å². The highest BCUT2D eigenvalue weighted by atomic mass is 79.9. The second-order valence-electron chi connectivity index (χ2n) is 4.80. The molecular formula is C13H20BrNS. The molecule has 0 amide bonds. The number of nitrogens with one attached hydrogen (secondary N) is 1. The van der Waals surface area contributed by atoms with Gasteiger partial charge in [-0.3, -0.25) is 0 Å².